The Labute approximate surface area is 98.4 Å². The number of anilines is 1. The molecule has 1 aromatic rings. The van der Waals surface area contributed by atoms with E-state index >= 15 is 0 Å². The number of hydrazine groups is 1. The molecule has 0 saturated carbocycles. The SMILES string of the molecule is C=CCCCOc1nc(NN)ccc1[N+](=O)[O-]. The van der Waals surface area contributed by atoms with Crippen molar-refractivity contribution in [3.8, 4) is 5.88 Å². The molecule has 0 amide bonds. The van der Waals surface area contributed by atoms with E-state index in [4.69, 9.17) is 10.6 Å². The molecule has 0 aromatic carbocycles. The zero-order valence-electron chi connectivity index (χ0n) is 9.26. The molecule has 17 heavy (non-hydrogen) atoms. The molecular formula is C10H14N4O3. The summed E-state index contributed by atoms with van der Waals surface area (Å²) >= 11 is 0. The highest BCUT2D eigenvalue weighted by Gasteiger charge is 2.17. The van der Waals surface area contributed by atoms with Gasteiger partial charge in [-0.05, 0) is 18.9 Å². The number of pyridine rings is 1. The Bertz CT molecular complexity index is 409. The average molecular weight is 238 g/mol. The van der Waals surface area contributed by atoms with Crippen molar-refractivity contribution in [3.05, 3.63) is 34.9 Å². The first kappa shape index (κ1) is 12.9. The van der Waals surface area contributed by atoms with Gasteiger partial charge in [0.15, 0.2) is 0 Å². The van der Waals surface area contributed by atoms with Crippen LogP contribution >= 0.6 is 0 Å². The van der Waals surface area contributed by atoms with Gasteiger partial charge in [-0.25, -0.2) is 5.84 Å². The second-order valence-corrected chi connectivity index (χ2v) is 3.20. The molecule has 1 aromatic heterocycles. The van der Waals surface area contributed by atoms with Crippen LogP contribution in [0.15, 0.2) is 24.8 Å². The van der Waals surface area contributed by atoms with Crippen molar-refractivity contribution in [3.63, 3.8) is 0 Å². The van der Waals surface area contributed by atoms with Crippen LogP contribution in [0.1, 0.15) is 12.8 Å². The summed E-state index contributed by atoms with van der Waals surface area (Å²) in [5.74, 6) is 5.45. The number of hydrogen-bond donors (Lipinski definition) is 2. The third kappa shape index (κ3) is 3.72. The van der Waals surface area contributed by atoms with Gasteiger partial charge in [0.05, 0.1) is 11.5 Å². The fraction of sp³-hybridized carbons (Fsp3) is 0.300. The minimum Gasteiger partial charge on any atom is -0.473 e. The van der Waals surface area contributed by atoms with E-state index in [9.17, 15) is 10.1 Å². The van der Waals surface area contributed by atoms with E-state index in [1.165, 1.54) is 12.1 Å². The van der Waals surface area contributed by atoms with E-state index in [1.807, 2.05) is 0 Å². The van der Waals surface area contributed by atoms with E-state index in [0.29, 0.717) is 12.4 Å². The number of hydrogen-bond acceptors (Lipinski definition) is 6. The van der Waals surface area contributed by atoms with Gasteiger partial charge in [0.25, 0.3) is 5.88 Å². The van der Waals surface area contributed by atoms with Crippen LogP contribution in [0.3, 0.4) is 0 Å². The molecule has 1 rings (SSSR count). The quantitative estimate of drug-likeness (QED) is 0.246. The number of nitrogens with zero attached hydrogens (tertiary/aromatic N) is 2. The zero-order valence-corrected chi connectivity index (χ0v) is 9.26. The molecule has 0 aliphatic heterocycles. The van der Waals surface area contributed by atoms with E-state index in [2.05, 4.69) is 17.0 Å². The van der Waals surface area contributed by atoms with E-state index in [1.54, 1.807) is 6.08 Å². The summed E-state index contributed by atoms with van der Waals surface area (Å²) in [6, 6.07) is 2.71. The van der Waals surface area contributed by atoms with Crippen molar-refractivity contribution in [1.29, 1.82) is 0 Å². The van der Waals surface area contributed by atoms with Gasteiger partial charge >= 0.3 is 5.69 Å². The molecule has 92 valence electrons. The predicted octanol–water partition coefficient (Wildman–Crippen LogP) is 1.62. The normalized spacial score (nSPS) is 9.71. The number of aromatic nitrogens is 1. The third-order valence-electron chi connectivity index (χ3n) is 1.98. The average Bonchev–Trinajstić information content (AvgIpc) is 2.34. The highest BCUT2D eigenvalue weighted by atomic mass is 16.6. The van der Waals surface area contributed by atoms with Gasteiger partial charge in [-0.1, -0.05) is 6.08 Å². The summed E-state index contributed by atoms with van der Waals surface area (Å²) in [4.78, 5) is 14.1. The van der Waals surface area contributed by atoms with E-state index in [-0.39, 0.29) is 11.6 Å². The standard InChI is InChI=1S/C10H14N4O3/c1-2-3-4-7-17-10-8(14(15)16)5-6-9(12-10)13-11/h2,5-6H,1,3-4,7,11H2,(H,12,13). The van der Waals surface area contributed by atoms with Crippen LogP contribution < -0.4 is 16.0 Å². The Morgan fingerprint density at radius 3 is 3.00 bits per heavy atom. The van der Waals surface area contributed by atoms with Crippen molar-refractivity contribution in [2.75, 3.05) is 12.0 Å². The van der Waals surface area contributed by atoms with Gasteiger partial charge in [-0.2, -0.15) is 4.98 Å². The Hall–Kier alpha value is -2.15. The van der Waals surface area contributed by atoms with Crippen molar-refractivity contribution in [2.24, 2.45) is 5.84 Å². The highest BCUT2D eigenvalue weighted by Crippen LogP contribution is 2.26. The lowest BCUT2D eigenvalue weighted by Gasteiger charge is -2.06. The number of nitro groups is 1. The maximum atomic E-state index is 10.7. The highest BCUT2D eigenvalue weighted by molar-refractivity contribution is 5.48. The number of unbranched alkanes of at least 4 members (excludes halogenated alkanes) is 1. The minimum atomic E-state index is -0.546. The Balaban J connectivity index is 2.78. The summed E-state index contributed by atoms with van der Waals surface area (Å²) < 4.78 is 5.25. The molecule has 0 aliphatic rings. The number of allylic oxidation sites excluding steroid dienone is 1. The summed E-state index contributed by atoms with van der Waals surface area (Å²) in [5.41, 5.74) is 2.13. The summed E-state index contributed by atoms with van der Waals surface area (Å²) in [5, 5.41) is 10.7. The van der Waals surface area contributed by atoms with Crippen LogP contribution in [0.2, 0.25) is 0 Å². The Kier molecular flexibility index (Phi) is 4.89. The summed E-state index contributed by atoms with van der Waals surface area (Å²) in [7, 11) is 0. The number of nitrogens with two attached hydrogens (primary N) is 1. The Morgan fingerprint density at radius 1 is 1.65 bits per heavy atom. The fourth-order valence-corrected chi connectivity index (χ4v) is 1.16. The van der Waals surface area contributed by atoms with Crippen LogP contribution in [-0.2, 0) is 0 Å². The number of rotatable bonds is 7. The van der Waals surface area contributed by atoms with Gasteiger partial charge in [-0.3, -0.25) is 10.1 Å². The van der Waals surface area contributed by atoms with E-state index < -0.39 is 4.92 Å². The van der Waals surface area contributed by atoms with Gasteiger partial charge in [0.2, 0.25) is 0 Å². The molecule has 0 radical (unpaired) electrons. The number of nitrogens with one attached hydrogen (secondary N) is 1. The Morgan fingerprint density at radius 2 is 2.41 bits per heavy atom. The molecule has 0 aliphatic carbocycles. The lowest BCUT2D eigenvalue weighted by atomic mass is 10.3. The lowest BCUT2D eigenvalue weighted by Crippen LogP contribution is -2.10. The van der Waals surface area contributed by atoms with Crippen molar-refractivity contribution in [2.45, 2.75) is 12.8 Å². The molecular weight excluding hydrogens is 224 g/mol. The maximum absolute atomic E-state index is 10.7. The molecule has 0 unspecified atom stereocenters. The number of nitrogen functional groups attached to an aromatic ring is 1. The molecule has 0 fully saturated rings. The summed E-state index contributed by atoms with van der Waals surface area (Å²) in [6.45, 7) is 3.91. The smallest absolute Gasteiger partial charge is 0.331 e. The first-order valence-corrected chi connectivity index (χ1v) is 5.04. The zero-order chi connectivity index (χ0) is 12.7. The first-order valence-electron chi connectivity index (χ1n) is 5.04. The second-order valence-electron chi connectivity index (χ2n) is 3.20. The van der Waals surface area contributed by atoms with Crippen LogP contribution in [0.4, 0.5) is 11.5 Å². The molecule has 7 nitrogen and oxygen atoms in total. The van der Waals surface area contributed by atoms with Gasteiger partial charge in [0.1, 0.15) is 5.82 Å². The molecule has 7 heteroatoms. The predicted molar refractivity (Wildman–Crippen MR) is 63.6 cm³/mol. The molecule has 3 N–H and O–H groups in total. The first-order chi connectivity index (χ1) is 8.19. The largest absolute Gasteiger partial charge is 0.473 e. The molecule has 0 bridgehead atoms. The van der Waals surface area contributed by atoms with Gasteiger partial charge in [0, 0.05) is 6.07 Å². The second kappa shape index (κ2) is 6.44. The maximum Gasteiger partial charge on any atom is 0.331 e. The van der Waals surface area contributed by atoms with E-state index in [0.717, 1.165) is 12.8 Å². The molecule has 1 heterocycles. The molecule has 0 atom stereocenters. The van der Waals surface area contributed by atoms with Crippen molar-refractivity contribution < 1.29 is 9.66 Å². The monoisotopic (exact) mass is 238 g/mol. The third-order valence-corrected chi connectivity index (χ3v) is 1.98. The van der Waals surface area contributed by atoms with Crippen LogP contribution in [0.25, 0.3) is 0 Å². The van der Waals surface area contributed by atoms with Crippen molar-refractivity contribution in [1.82, 2.24) is 4.98 Å². The van der Waals surface area contributed by atoms with Crippen LogP contribution in [-0.4, -0.2) is 16.5 Å². The van der Waals surface area contributed by atoms with Gasteiger partial charge in [-0.15, -0.1) is 6.58 Å². The molecule has 0 saturated heterocycles. The number of ether oxygens (including phenoxy) is 1. The minimum absolute atomic E-state index is 0.0329. The van der Waals surface area contributed by atoms with Crippen LogP contribution in [0.5, 0.6) is 5.88 Å². The lowest BCUT2D eigenvalue weighted by molar-refractivity contribution is -0.386. The topological polar surface area (TPSA) is 103 Å². The van der Waals surface area contributed by atoms with Crippen LogP contribution in [0, 0.1) is 10.1 Å². The molecule has 0 spiro atoms. The summed E-state index contributed by atoms with van der Waals surface area (Å²) in [6.07, 6.45) is 3.26. The fourth-order valence-electron chi connectivity index (χ4n) is 1.16. The van der Waals surface area contributed by atoms with Gasteiger partial charge < -0.3 is 10.2 Å². The van der Waals surface area contributed by atoms with Crippen molar-refractivity contribution >= 4 is 11.5 Å².